The number of hydrogen-bond acceptors (Lipinski definition) is 4. The minimum Gasteiger partial charge on any atom is -0.507 e. The van der Waals surface area contributed by atoms with E-state index < -0.39 is 5.97 Å². The van der Waals surface area contributed by atoms with Gasteiger partial charge in [-0.2, -0.15) is 0 Å². The smallest absolute Gasteiger partial charge is 0.308 e. The van der Waals surface area contributed by atoms with Crippen LogP contribution in [0.15, 0.2) is 30.3 Å². The van der Waals surface area contributed by atoms with Crippen LogP contribution in [0.4, 0.5) is 0 Å². The van der Waals surface area contributed by atoms with E-state index in [1.54, 1.807) is 30.3 Å². The number of allylic oxidation sites excluding steroid dienone is 1. The second-order valence-electron chi connectivity index (χ2n) is 7.25. The van der Waals surface area contributed by atoms with Crippen LogP contribution >= 0.6 is 0 Å². The van der Waals surface area contributed by atoms with Crippen LogP contribution in [0, 0.1) is 0 Å². The van der Waals surface area contributed by atoms with Gasteiger partial charge < -0.3 is 14.9 Å². The molecule has 0 unspecified atom stereocenters. The lowest BCUT2D eigenvalue weighted by atomic mass is 10.0. The average Bonchev–Trinajstić information content (AvgIpc) is 2.69. The third-order valence-electron chi connectivity index (χ3n) is 4.91. The number of carbonyl (C=O) groups is 1. The van der Waals surface area contributed by atoms with Gasteiger partial charge in [-0.1, -0.05) is 88.3 Å². The Labute approximate surface area is 167 Å². The molecule has 0 aliphatic rings. The maximum Gasteiger partial charge on any atom is 0.308 e. The number of hydrogen-bond donors (Lipinski definition) is 2. The zero-order chi connectivity index (χ0) is 20.4. The van der Waals surface area contributed by atoms with E-state index in [0.717, 1.165) is 12.8 Å². The molecule has 0 aromatic heterocycles. The standard InChI is InChI=1S/C24H32O4/c1-3-4-5-6-7-8-9-10-11-12-17-21-22(26)19-15-13-14-16-20(19)23(27)24(21)28-18(2)25/h12-17,26-27H,3-11H2,1-2H3. The molecule has 152 valence electrons. The van der Waals surface area contributed by atoms with Crippen molar-refractivity contribution >= 4 is 22.8 Å². The molecular weight excluding hydrogens is 352 g/mol. The second kappa shape index (κ2) is 11.4. The van der Waals surface area contributed by atoms with Crippen molar-refractivity contribution in [3.8, 4) is 17.2 Å². The number of phenols is 2. The van der Waals surface area contributed by atoms with Crippen LogP contribution in [-0.4, -0.2) is 16.2 Å². The molecule has 2 rings (SSSR count). The number of phenolic OH excluding ortho intramolecular Hbond substituents is 2. The highest BCUT2D eigenvalue weighted by atomic mass is 16.5. The van der Waals surface area contributed by atoms with Crippen LogP contribution in [-0.2, 0) is 4.79 Å². The number of ether oxygens (including phenoxy) is 1. The fourth-order valence-corrected chi connectivity index (χ4v) is 3.40. The first-order valence-corrected chi connectivity index (χ1v) is 10.4. The van der Waals surface area contributed by atoms with E-state index in [-0.39, 0.29) is 17.2 Å². The van der Waals surface area contributed by atoms with Crippen LogP contribution in [0.2, 0.25) is 0 Å². The summed E-state index contributed by atoms with van der Waals surface area (Å²) >= 11 is 0. The molecule has 4 nitrogen and oxygen atoms in total. The molecule has 0 spiro atoms. The number of benzene rings is 2. The molecule has 0 bridgehead atoms. The van der Waals surface area contributed by atoms with Crippen LogP contribution in [0.3, 0.4) is 0 Å². The zero-order valence-corrected chi connectivity index (χ0v) is 17.0. The van der Waals surface area contributed by atoms with Crippen LogP contribution < -0.4 is 4.74 Å². The fourth-order valence-electron chi connectivity index (χ4n) is 3.40. The van der Waals surface area contributed by atoms with Gasteiger partial charge in [-0.3, -0.25) is 4.79 Å². The van der Waals surface area contributed by atoms with Gasteiger partial charge in [0.25, 0.3) is 0 Å². The molecule has 0 saturated heterocycles. The molecule has 0 fully saturated rings. The lowest BCUT2D eigenvalue weighted by Crippen LogP contribution is -2.03. The highest BCUT2D eigenvalue weighted by molar-refractivity contribution is 5.99. The van der Waals surface area contributed by atoms with Crippen molar-refractivity contribution in [3.05, 3.63) is 35.9 Å². The predicted molar refractivity (Wildman–Crippen MR) is 115 cm³/mol. The quantitative estimate of drug-likeness (QED) is 0.195. The van der Waals surface area contributed by atoms with Gasteiger partial charge in [0.05, 0.1) is 5.56 Å². The number of esters is 1. The SMILES string of the molecule is CCCCCCCCCCC=Cc1c(OC(C)=O)c(O)c2ccccc2c1O. The number of fused-ring (bicyclic) bond motifs is 1. The number of aromatic hydroxyl groups is 2. The molecule has 0 atom stereocenters. The molecule has 2 N–H and O–H groups in total. The Morgan fingerprint density at radius 3 is 2.11 bits per heavy atom. The first-order valence-electron chi connectivity index (χ1n) is 10.4. The van der Waals surface area contributed by atoms with E-state index in [0.29, 0.717) is 16.3 Å². The third kappa shape index (κ3) is 6.01. The minimum absolute atomic E-state index is 0.0101. The molecule has 0 aliphatic carbocycles. The summed E-state index contributed by atoms with van der Waals surface area (Å²) in [5.41, 5.74) is 0.339. The molecule has 2 aromatic carbocycles. The summed E-state index contributed by atoms with van der Waals surface area (Å²) in [5.74, 6) is -0.647. The van der Waals surface area contributed by atoms with Crippen molar-refractivity contribution in [2.24, 2.45) is 0 Å². The summed E-state index contributed by atoms with van der Waals surface area (Å²) < 4.78 is 5.21. The van der Waals surface area contributed by atoms with Gasteiger partial charge in [0.1, 0.15) is 5.75 Å². The highest BCUT2D eigenvalue weighted by Gasteiger charge is 2.19. The van der Waals surface area contributed by atoms with Crippen LogP contribution in [0.25, 0.3) is 16.8 Å². The van der Waals surface area contributed by atoms with Crippen LogP contribution in [0.5, 0.6) is 17.2 Å². The first kappa shape index (κ1) is 21.8. The monoisotopic (exact) mass is 384 g/mol. The average molecular weight is 385 g/mol. The summed E-state index contributed by atoms with van der Waals surface area (Å²) in [6.45, 7) is 3.51. The number of carbonyl (C=O) groups excluding carboxylic acids is 1. The molecule has 0 heterocycles. The molecule has 28 heavy (non-hydrogen) atoms. The number of unbranched alkanes of at least 4 members (excludes halogenated alkanes) is 8. The molecule has 0 saturated carbocycles. The minimum atomic E-state index is -0.539. The highest BCUT2D eigenvalue weighted by Crippen LogP contribution is 2.45. The van der Waals surface area contributed by atoms with E-state index in [1.807, 2.05) is 6.08 Å². The van der Waals surface area contributed by atoms with Gasteiger partial charge in [0, 0.05) is 17.7 Å². The summed E-state index contributed by atoms with van der Waals surface area (Å²) in [7, 11) is 0. The molecule has 0 amide bonds. The Morgan fingerprint density at radius 1 is 0.929 bits per heavy atom. The Balaban J connectivity index is 2.03. The fraction of sp³-hybridized carbons (Fsp3) is 0.458. The number of rotatable bonds is 11. The summed E-state index contributed by atoms with van der Waals surface area (Å²) in [6.07, 6.45) is 14.6. The van der Waals surface area contributed by atoms with Gasteiger partial charge in [-0.25, -0.2) is 0 Å². The lowest BCUT2D eigenvalue weighted by Gasteiger charge is -2.13. The van der Waals surface area contributed by atoms with Gasteiger partial charge in [-0.15, -0.1) is 0 Å². The normalized spacial score (nSPS) is 11.4. The van der Waals surface area contributed by atoms with Crippen molar-refractivity contribution in [1.29, 1.82) is 0 Å². The second-order valence-corrected chi connectivity index (χ2v) is 7.25. The molecule has 4 heteroatoms. The maximum atomic E-state index is 11.5. The van der Waals surface area contributed by atoms with Crippen molar-refractivity contribution in [1.82, 2.24) is 0 Å². The Hall–Kier alpha value is -2.49. The third-order valence-corrected chi connectivity index (χ3v) is 4.91. The van der Waals surface area contributed by atoms with Gasteiger partial charge in [0.15, 0.2) is 11.5 Å². The van der Waals surface area contributed by atoms with Crippen molar-refractivity contribution in [2.45, 2.75) is 71.6 Å². The van der Waals surface area contributed by atoms with E-state index >= 15 is 0 Å². The molecule has 0 aliphatic heterocycles. The van der Waals surface area contributed by atoms with E-state index in [2.05, 4.69) is 6.92 Å². The van der Waals surface area contributed by atoms with Gasteiger partial charge >= 0.3 is 5.97 Å². The lowest BCUT2D eigenvalue weighted by molar-refractivity contribution is -0.132. The topological polar surface area (TPSA) is 66.8 Å². The summed E-state index contributed by atoms with van der Waals surface area (Å²) in [4.78, 5) is 11.5. The Kier molecular flexibility index (Phi) is 8.86. The van der Waals surface area contributed by atoms with Gasteiger partial charge in [-0.05, 0) is 12.8 Å². The first-order chi connectivity index (χ1) is 13.6. The van der Waals surface area contributed by atoms with E-state index in [9.17, 15) is 15.0 Å². The van der Waals surface area contributed by atoms with Crippen molar-refractivity contribution in [2.75, 3.05) is 0 Å². The van der Waals surface area contributed by atoms with E-state index in [4.69, 9.17) is 4.74 Å². The Morgan fingerprint density at radius 2 is 1.50 bits per heavy atom. The summed E-state index contributed by atoms with van der Waals surface area (Å²) in [5, 5.41) is 22.2. The van der Waals surface area contributed by atoms with Crippen molar-refractivity contribution in [3.63, 3.8) is 0 Å². The zero-order valence-electron chi connectivity index (χ0n) is 17.0. The predicted octanol–water partition coefficient (Wildman–Crippen LogP) is 6.72. The largest absolute Gasteiger partial charge is 0.507 e. The van der Waals surface area contributed by atoms with Crippen LogP contribution in [0.1, 0.15) is 77.2 Å². The maximum absolute atomic E-state index is 11.5. The van der Waals surface area contributed by atoms with E-state index in [1.165, 1.54) is 51.9 Å². The van der Waals surface area contributed by atoms with Gasteiger partial charge in [0.2, 0.25) is 0 Å². The summed E-state index contributed by atoms with van der Waals surface area (Å²) in [6, 6.07) is 6.97. The molecule has 0 radical (unpaired) electrons. The Bertz CT molecular complexity index is 808. The molecule has 2 aromatic rings. The molecular formula is C24H32O4. The van der Waals surface area contributed by atoms with Crippen molar-refractivity contribution < 1.29 is 19.7 Å².